The average Bonchev–Trinajstić information content (AvgIpc) is 3.30. The second-order valence-corrected chi connectivity index (χ2v) is 11.4. The van der Waals surface area contributed by atoms with E-state index in [0.29, 0.717) is 43.9 Å². The molecule has 8 heteroatoms. The van der Waals surface area contributed by atoms with Crippen LogP contribution in [-0.4, -0.2) is 56.0 Å². The number of benzene rings is 3. The molecule has 3 aromatic rings. The van der Waals surface area contributed by atoms with Crippen molar-refractivity contribution >= 4 is 11.6 Å². The van der Waals surface area contributed by atoms with Crippen LogP contribution in [0.3, 0.4) is 0 Å². The maximum Gasteiger partial charge on any atom is 0.416 e. The third kappa shape index (κ3) is 7.42. The molecule has 1 aliphatic heterocycles. The third-order valence-corrected chi connectivity index (χ3v) is 7.44. The van der Waals surface area contributed by atoms with Crippen LogP contribution in [0.5, 0.6) is 0 Å². The van der Waals surface area contributed by atoms with Crippen molar-refractivity contribution < 1.29 is 22.4 Å². The van der Waals surface area contributed by atoms with Crippen molar-refractivity contribution in [3.63, 3.8) is 0 Å². The number of rotatable bonds is 9. The van der Waals surface area contributed by atoms with Gasteiger partial charge in [-0.2, -0.15) is 13.2 Å². The minimum atomic E-state index is -4.43. The van der Waals surface area contributed by atoms with Crippen LogP contribution in [0, 0.1) is 17.7 Å². The maximum absolute atomic E-state index is 13.6. The van der Waals surface area contributed by atoms with Crippen molar-refractivity contribution in [3.05, 3.63) is 101 Å². The molecule has 214 valence electrons. The van der Waals surface area contributed by atoms with Gasteiger partial charge in [0, 0.05) is 64.0 Å². The topological polar surface area (TPSA) is 26.8 Å². The molecule has 1 amide bonds. The summed E-state index contributed by atoms with van der Waals surface area (Å²) >= 11 is 0. The van der Waals surface area contributed by atoms with Crippen molar-refractivity contribution in [1.29, 1.82) is 0 Å². The number of halogens is 4. The van der Waals surface area contributed by atoms with Gasteiger partial charge in [-0.15, -0.1) is 0 Å². The van der Waals surface area contributed by atoms with Gasteiger partial charge < -0.3 is 9.80 Å². The molecule has 0 N–H and O–H groups in total. The molecule has 40 heavy (non-hydrogen) atoms. The lowest BCUT2D eigenvalue weighted by molar-refractivity contribution is -0.137. The van der Waals surface area contributed by atoms with Crippen molar-refractivity contribution in [1.82, 2.24) is 9.80 Å². The zero-order chi connectivity index (χ0) is 29.0. The summed E-state index contributed by atoms with van der Waals surface area (Å²) in [5.41, 5.74) is 2.57. The largest absolute Gasteiger partial charge is 0.416 e. The number of alkyl halides is 3. The van der Waals surface area contributed by atoms with Gasteiger partial charge in [0.25, 0.3) is 5.91 Å². The summed E-state index contributed by atoms with van der Waals surface area (Å²) in [7, 11) is 3.96. The fraction of sp³-hybridized carbons (Fsp3) is 0.406. The Morgan fingerprint density at radius 3 is 2.25 bits per heavy atom. The number of likely N-dealkylation sites (tertiary alicyclic amines) is 1. The predicted octanol–water partition coefficient (Wildman–Crippen LogP) is 6.92. The molecule has 0 unspecified atom stereocenters. The van der Waals surface area contributed by atoms with Crippen molar-refractivity contribution in [3.8, 4) is 0 Å². The average molecular weight is 556 g/mol. The van der Waals surface area contributed by atoms with Crippen molar-refractivity contribution in [2.75, 3.05) is 45.2 Å². The Kier molecular flexibility index (Phi) is 9.19. The molecular weight excluding hydrogens is 518 g/mol. The van der Waals surface area contributed by atoms with Crippen molar-refractivity contribution in [2.45, 2.75) is 32.5 Å². The van der Waals surface area contributed by atoms with Gasteiger partial charge in [-0.05, 0) is 65.4 Å². The van der Waals surface area contributed by atoms with Gasteiger partial charge in [0.15, 0.2) is 0 Å². The van der Waals surface area contributed by atoms with Crippen LogP contribution in [0.1, 0.15) is 46.8 Å². The van der Waals surface area contributed by atoms with Crippen LogP contribution in [0.2, 0.25) is 0 Å². The SMILES string of the molecule is CC(C)CN(C[C@H]1CN(Cc2ccc(N(C)C)cc2)C[C@@H]1c1cccc(C(F)(F)F)c1)C(=O)c1ccc(F)cc1. The standard InChI is InChI=1S/C32H37F4N3O/c1-22(2)17-39(31(40)24-10-12-28(33)13-11-24)20-26-19-38(18-23-8-14-29(15-9-23)37(3)4)21-30(26)25-6-5-7-27(16-25)32(34,35)36/h5-16,22,26,30H,17-21H2,1-4H3/t26-,30-/m1/s1. The monoisotopic (exact) mass is 555 g/mol. The minimum Gasteiger partial charge on any atom is -0.378 e. The van der Waals surface area contributed by atoms with E-state index < -0.39 is 17.6 Å². The molecule has 1 fully saturated rings. The molecule has 3 aromatic carbocycles. The van der Waals surface area contributed by atoms with Gasteiger partial charge in [-0.25, -0.2) is 4.39 Å². The van der Waals surface area contributed by atoms with E-state index >= 15 is 0 Å². The molecule has 0 aromatic heterocycles. The van der Waals surface area contributed by atoms with E-state index in [1.807, 2.05) is 32.8 Å². The Labute approximate surface area is 234 Å². The molecule has 1 heterocycles. The number of hydrogen-bond acceptors (Lipinski definition) is 3. The van der Waals surface area contributed by atoms with E-state index in [1.54, 1.807) is 11.0 Å². The summed E-state index contributed by atoms with van der Waals surface area (Å²) < 4.78 is 54.3. The number of anilines is 1. The van der Waals surface area contributed by atoms with Crippen LogP contribution in [-0.2, 0) is 12.7 Å². The minimum absolute atomic E-state index is 0.0762. The Morgan fingerprint density at radius 2 is 1.65 bits per heavy atom. The molecule has 0 saturated carbocycles. The highest BCUT2D eigenvalue weighted by molar-refractivity contribution is 5.94. The van der Waals surface area contributed by atoms with E-state index in [0.717, 1.165) is 17.3 Å². The first kappa shape index (κ1) is 29.6. The lowest BCUT2D eigenvalue weighted by Crippen LogP contribution is -2.39. The highest BCUT2D eigenvalue weighted by Crippen LogP contribution is 2.37. The van der Waals surface area contributed by atoms with Gasteiger partial charge in [0.1, 0.15) is 5.82 Å². The molecule has 0 spiro atoms. The molecule has 2 atom stereocenters. The fourth-order valence-electron chi connectivity index (χ4n) is 5.49. The first-order valence-corrected chi connectivity index (χ1v) is 13.6. The molecule has 4 rings (SSSR count). The summed E-state index contributed by atoms with van der Waals surface area (Å²) in [5.74, 6) is -0.688. The summed E-state index contributed by atoms with van der Waals surface area (Å²) in [6, 6.07) is 19.3. The fourth-order valence-corrected chi connectivity index (χ4v) is 5.49. The number of amides is 1. The smallest absolute Gasteiger partial charge is 0.378 e. The first-order valence-electron chi connectivity index (χ1n) is 13.6. The number of nitrogens with zero attached hydrogens (tertiary/aromatic N) is 3. The predicted molar refractivity (Wildman–Crippen MR) is 151 cm³/mol. The molecule has 1 aliphatic rings. The first-order chi connectivity index (χ1) is 18.9. The zero-order valence-electron chi connectivity index (χ0n) is 23.5. The third-order valence-electron chi connectivity index (χ3n) is 7.44. The van der Waals surface area contributed by atoms with E-state index in [9.17, 15) is 22.4 Å². The van der Waals surface area contributed by atoms with Crippen LogP contribution >= 0.6 is 0 Å². The Balaban J connectivity index is 1.62. The summed E-state index contributed by atoms with van der Waals surface area (Å²) in [5, 5.41) is 0. The number of carbonyl (C=O) groups is 1. The molecule has 4 nitrogen and oxygen atoms in total. The van der Waals surface area contributed by atoms with Gasteiger partial charge >= 0.3 is 6.18 Å². The molecule has 0 radical (unpaired) electrons. The van der Waals surface area contributed by atoms with Crippen LogP contribution in [0.15, 0.2) is 72.8 Å². The summed E-state index contributed by atoms with van der Waals surface area (Å²) in [6.45, 7) is 6.82. The van der Waals surface area contributed by atoms with Crippen molar-refractivity contribution in [2.24, 2.45) is 11.8 Å². The highest BCUT2D eigenvalue weighted by atomic mass is 19.4. The quantitative estimate of drug-likeness (QED) is 0.268. The molecule has 0 bridgehead atoms. The lowest BCUT2D eigenvalue weighted by atomic mass is 9.87. The zero-order valence-corrected chi connectivity index (χ0v) is 23.5. The van der Waals surface area contributed by atoms with Gasteiger partial charge in [0.05, 0.1) is 5.56 Å². The van der Waals surface area contributed by atoms with Crippen LogP contribution in [0.25, 0.3) is 0 Å². The van der Waals surface area contributed by atoms with Gasteiger partial charge in [-0.3, -0.25) is 9.69 Å². The highest BCUT2D eigenvalue weighted by Gasteiger charge is 2.38. The van der Waals surface area contributed by atoms with E-state index in [2.05, 4.69) is 29.2 Å². The van der Waals surface area contributed by atoms with Gasteiger partial charge in [0.2, 0.25) is 0 Å². The molecule has 0 aliphatic carbocycles. The summed E-state index contributed by atoms with van der Waals surface area (Å²) in [4.78, 5) is 19.6. The van der Waals surface area contributed by atoms with E-state index in [-0.39, 0.29) is 23.7 Å². The Hall–Kier alpha value is -3.39. The van der Waals surface area contributed by atoms with E-state index in [4.69, 9.17) is 0 Å². The number of carbonyl (C=O) groups excluding carboxylic acids is 1. The second-order valence-electron chi connectivity index (χ2n) is 11.4. The lowest BCUT2D eigenvalue weighted by Gasteiger charge is -2.30. The second kappa shape index (κ2) is 12.4. The van der Waals surface area contributed by atoms with Crippen LogP contribution in [0.4, 0.5) is 23.2 Å². The Morgan fingerprint density at radius 1 is 0.975 bits per heavy atom. The van der Waals surface area contributed by atoms with Crippen LogP contribution < -0.4 is 4.90 Å². The Bertz CT molecular complexity index is 1270. The van der Waals surface area contributed by atoms with Gasteiger partial charge in [-0.1, -0.05) is 44.2 Å². The summed E-state index contributed by atoms with van der Waals surface area (Å²) in [6.07, 6.45) is -4.43. The number of hydrogen-bond donors (Lipinski definition) is 0. The normalized spacial score (nSPS) is 17.8. The molecular formula is C32H37F4N3O. The molecule has 1 saturated heterocycles. The van der Waals surface area contributed by atoms with E-state index in [1.165, 1.54) is 36.4 Å². The maximum atomic E-state index is 13.6.